The first kappa shape index (κ1) is 18.0. The van der Waals surface area contributed by atoms with Gasteiger partial charge < -0.3 is 15.3 Å². The van der Waals surface area contributed by atoms with Crippen LogP contribution >= 0.6 is 11.6 Å². The summed E-state index contributed by atoms with van der Waals surface area (Å²) in [4.78, 5) is 11.6. The summed E-state index contributed by atoms with van der Waals surface area (Å²) in [7, 11) is 0. The van der Waals surface area contributed by atoms with Crippen molar-refractivity contribution in [3.63, 3.8) is 0 Å². The summed E-state index contributed by atoms with van der Waals surface area (Å²) in [5.41, 5.74) is 3.01. The fourth-order valence-corrected chi connectivity index (χ4v) is 3.42. The molecule has 1 aromatic heterocycles. The Hall–Kier alpha value is -1.85. The Morgan fingerprint density at radius 3 is 2.92 bits per heavy atom. The molecule has 1 atom stereocenters. The zero-order valence-corrected chi connectivity index (χ0v) is 15.6. The second-order valence-electron chi connectivity index (χ2n) is 6.55. The summed E-state index contributed by atoms with van der Waals surface area (Å²) >= 11 is 6.12. The summed E-state index contributed by atoms with van der Waals surface area (Å²) in [5.74, 6) is 1.46. The van der Waals surface area contributed by atoms with E-state index in [2.05, 4.69) is 22.1 Å². The molecule has 0 saturated carbocycles. The molecule has 5 nitrogen and oxygen atoms in total. The first-order chi connectivity index (χ1) is 12.1. The summed E-state index contributed by atoms with van der Waals surface area (Å²) < 4.78 is 0. The fraction of sp³-hybridized carbons (Fsp3) is 0.474. The lowest BCUT2D eigenvalue weighted by Crippen LogP contribution is -2.33. The number of halogens is 1. The second kappa shape index (κ2) is 8.02. The van der Waals surface area contributed by atoms with Gasteiger partial charge in [-0.15, -0.1) is 0 Å². The molecular formula is C19H25ClN4O. The Morgan fingerprint density at radius 2 is 2.16 bits per heavy atom. The smallest absolute Gasteiger partial charge is 0.229 e. The molecule has 6 heteroatoms. The van der Waals surface area contributed by atoms with E-state index in [-0.39, 0.29) is 12.6 Å². The standard InChI is InChI=1S/C19H25ClN4O/c1-3-5-15-11-18(24-9-4-6-16(24)12-25)23-19(21-15)22-17-10-14(20)8-7-13(17)2/h7-8,10-11,16,25H,3-6,9,12H2,1-2H3,(H,21,22,23)/t16-/m0/s1. The fourth-order valence-electron chi connectivity index (χ4n) is 3.25. The quantitative estimate of drug-likeness (QED) is 0.812. The van der Waals surface area contributed by atoms with E-state index in [1.807, 2.05) is 31.2 Å². The van der Waals surface area contributed by atoms with Crippen LogP contribution in [0.5, 0.6) is 0 Å². The average Bonchev–Trinajstić information content (AvgIpc) is 3.07. The zero-order valence-electron chi connectivity index (χ0n) is 14.8. The van der Waals surface area contributed by atoms with E-state index in [0.29, 0.717) is 11.0 Å². The zero-order chi connectivity index (χ0) is 17.8. The van der Waals surface area contributed by atoms with Crippen molar-refractivity contribution >= 4 is 29.1 Å². The second-order valence-corrected chi connectivity index (χ2v) is 6.98. The van der Waals surface area contributed by atoms with Gasteiger partial charge in [-0.2, -0.15) is 4.98 Å². The average molecular weight is 361 g/mol. The highest BCUT2D eigenvalue weighted by Crippen LogP contribution is 2.28. The van der Waals surface area contributed by atoms with Gasteiger partial charge in [0.1, 0.15) is 5.82 Å². The molecule has 134 valence electrons. The van der Waals surface area contributed by atoms with Crippen molar-refractivity contribution in [1.82, 2.24) is 9.97 Å². The van der Waals surface area contributed by atoms with E-state index in [1.54, 1.807) is 0 Å². The third-order valence-corrected chi connectivity index (χ3v) is 4.84. The van der Waals surface area contributed by atoms with Gasteiger partial charge in [0, 0.05) is 29.0 Å². The summed E-state index contributed by atoms with van der Waals surface area (Å²) in [5, 5.41) is 13.6. The molecule has 2 N–H and O–H groups in total. The van der Waals surface area contributed by atoms with Gasteiger partial charge in [-0.3, -0.25) is 0 Å². The lowest BCUT2D eigenvalue weighted by molar-refractivity contribution is 0.266. The minimum Gasteiger partial charge on any atom is -0.394 e. The Bertz CT molecular complexity index is 737. The Labute approximate surface area is 154 Å². The molecule has 0 aliphatic carbocycles. The largest absolute Gasteiger partial charge is 0.394 e. The molecule has 2 heterocycles. The SMILES string of the molecule is CCCc1cc(N2CCC[C@H]2CO)nc(Nc2cc(Cl)ccc2C)n1. The van der Waals surface area contributed by atoms with Crippen LogP contribution in [0.3, 0.4) is 0 Å². The van der Waals surface area contributed by atoms with E-state index in [4.69, 9.17) is 16.6 Å². The maximum atomic E-state index is 9.63. The number of aliphatic hydroxyl groups is 1. The molecule has 1 aromatic carbocycles. The van der Waals surface area contributed by atoms with Gasteiger partial charge in [-0.05, 0) is 43.9 Å². The molecular weight excluding hydrogens is 336 g/mol. The van der Waals surface area contributed by atoms with Crippen molar-refractivity contribution in [2.24, 2.45) is 0 Å². The topological polar surface area (TPSA) is 61.3 Å². The first-order valence-corrected chi connectivity index (χ1v) is 9.27. The molecule has 1 saturated heterocycles. The maximum Gasteiger partial charge on any atom is 0.229 e. The number of nitrogens with zero attached hydrogens (tertiary/aromatic N) is 3. The number of rotatable bonds is 6. The van der Waals surface area contributed by atoms with E-state index >= 15 is 0 Å². The Kier molecular flexibility index (Phi) is 5.76. The van der Waals surface area contributed by atoms with Crippen LogP contribution in [0.15, 0.2) is 24.3 Å². The summed E-state index contributed by atoms with van der Waals surface area (Å²) in [6.45, 7) is 5.24. The minimum atomic E-state index is 0.144. The normalized spacial score (nSPS) is 17.1. The van der Waals surface area contributed by atoms with E-state index in [9.17, 15) is 5.11 Å². The van der Waals surface area contributed by atoms with Crippen molar-refractivity contribution in [2.45, 2.75) is 45.6 Å². The van der Waals surface area contributed by atoms with Crippen LogP contribution in [-0.4, -0.2) is 34.3 Å². The lowest BCUT2D eigenvalue weighted by atomic mass is 10.2. The number of benzene rings is 1. The van der Waals surface area contributed by atoms with Gasteiger partial charge in [0.2, 0.25) is 5.95 Å². The molecule has 1 fully saturated rings. The third kappa shape index (κ3) is 4.22. The van der Waals surface area contributed by atoms with E-state index in [0.717, 1.165) is 55.0 Å². The molecule has 0 bridgehead atoms. The van der Waals surface area contributed by atoms with Crippen LogP contribution < -0.4 is 10.2 Å². The number of anilines is 3. The van der Waals surface area contributed by atoms with Crippen LogP contribution in [-0.2, 0) is 6.42 Å². The number of hydrogen-bond donors (Lipinski definition) is 2. The molecule has 1 aliphatic heterocycles. The Balaban J connectivity index is 1.94. The Morgan fingerprint density at radius 1 is 1.32 bits per heavy atom. The van der Waals surface area contributed by atoms with Gasteiger partial charge in [0.15, 0.2) is 0 Å². The van der Waals surface area contributed by atoms with Crippen LogP contribution in [0.2, 0.25) is 5.02 Å². The number of aryl methyl sites for hydroxylation is 2. The van der Waals surface area contributed by atoms with Gasteiger partial charge in [0.25, 0.3) is 0 Å². The van der Waals surface area contributed by atoms with Crippen LogP contribution in [0.25, 0.3) is 0 Å². The molecule has 3 rings (SSSR count). The third-order valence-electron chi connectivity index (χ3n) is 4.60. The molecule has 0 spiro atoms. The van der Waals surface area contributed by atoms with Gasteiger partial charge >= 0.3 is 0 Å². The minimum absolute atomic E-state index is 0.144. The number of aromatic nitrogens is 2. The van der Waals surface area contributed by atoms with E-state index < -0.39 is 0 Å². The van der Waals surface area contributed by atoms with Crippen molar-refractivity contribution < 1.29 is 5.11 Å². The molecule has 0 amide bonds. The monoisotopic (exact) mass is 360 g/mol. The predicted octanol–water partition coefficient (Wildman–Crippen LogP) is 4.10. The van der Waals surface area contributed by atoms with Crippen LogP contribution in [0, 0.1) is 6.92 Å². The highest BCUT2D eigenvalue weighted by molar-refractivity contribution is 6.30. The maximum absolute atomic E-state index is 9.63. The number of aliphatic hydroxyl groups excluding tert-OH is 1. The summed E-state index contributed by atoms with van der Waals surface area (Å²) in [6, 6.07) is 7.93. The van der Waals surface area contributed by atoms with Crippen molar-refractivity contribution in [3.8, 4) is 0 Å². The first-order valence-electron chi connectivity index (χ1n) is 8.89. The molecule has 0 unspecified atom stereocenters. The highest BCUT2D eigenvalue weighted by Gasteiger charge is 2.25. The molecule has 0 radical (unpaired) electrons. The van der Waals surface area contributed by atoms with Crippen molar-refractivity contribution in [2.75, 3.05) is 23.4 Å². The van der Waals surface area contributed by atoms with Gasteiger partial charge in [-0.1, -0.05) is 31.0 Å². The van der Waals surface area contributed by atoms with Crippen molar-refractivity contribution in [3.05, 3.63) is 40.5 Å². The van der Waals surface area contributed by atoms with Gasteiger partial charge in [-0.25, -0.2) is 4.98 Å². The van der Waals surface area contributed by atoms with E-state index in [1.165, 1.54) is 0 Å². The number of hydrogen-bond acceptors (Lipinski definition) is 5. The lowest BCUT2D eigenvalue weighted by Gasteiger charge is -2.25. The predicted molar refractivity (Wildman–Crippen MR) is 103 cm³/mol. The van der Waals surface area contributed by atoms with Crippen LogP contribution in [0.1, 0.15) is 37.4 Å². The molecule has 25 heavy (non-hydrogen) atoms. The highest BCUT2D eigenvalue weighted by atomic mass is 35.5. The van der Waals surface area contributed by atoms with Crippen LogP contribution in [0.4, 0.5) is 17.5 Å². The summed E-state index contributed by atoms with van der Waals surface area (Å²) in [6.07, 6.45) is 4.00. The molecule has 1 aliphatic rings. The van der Waals surface area contributed by atoms with Crippen molar-refractivity contribution in [1.29, 1.82) is 0 Å². The molecule has 2 aromatic rings. The van der Waals surface area contributed by atoms with Gasteiger partial charge in [0.05, 0.1) is 12.6 Å². The number of nitrogens with one attached hydrogen (secondary N) is 1.